The molecule has 4 N–H and O–H groups in total. The van der Waals surface area contributed by atoms with Crippen molar-refractivity contribution in [3.63, 3.8) is 0 Å². The molecule has 11 heavy (non-hydrogen) atoms. The van der Waals surface area contributed by atoms with Crippen LogP contribution in [0.2, 0.25) is 0 Å². The zero-order valence-corrected chi connectivity index (χ0v) is 9.20. The molecule has 0 spiro atoms. The van der Waals surface area contributed by atoms with Crippen molar-refractivity contribution >= 4 is 19.1 Å². The summed E-state index contributed by atoms with van der Waals surface area (Å²) in [5, 5.41) is 0. The van der Waals surface area contributed by atoms with Crippen LogP contribution in [0.3, 0.4) is 0 Å². The van der Waals surface area contributed by atoms with E-state index >= 15 is 0 Å². The summed E-state index contributed by atoms with van der Waals surface area (Å²) in [6.45, 7) is 0. The molecule has 0 saturated heterocycles. The molecule has 1 aliphatic carbocycles. The predicted molar refractivity (Wildman–Crippen MR) is 45.6 cm³/mol. The molecule has 0 heterocycles. The van der Waals surface area contributed by atoms with Gasteiger partial charge in [-0.3, -0.25) is 0 Å². The van der Waals surface area contributed by atoms with E-state index in [9.17, 15) is 0 Å². The molecule has 0 aliphatic heterocycles. The molecule has 1 fully saturated rings. The monoisotopic (exact) mass is 289 g/mol. The van der Waals surface area contributed by atoms with Crippen LogP contribution in [-0.2, 0) is 15.9 Å². The summed E-state index contributed by atoms with van der Waals surface area (Å²) in [7, 11) is 9.63. The Morgan fingerprint density at radius 2 is 1.91 bits per heavy atom. The second-order valence-corrected chi connectivity index (χ2v) is 4.83. The molecule has 0 aromatic heterocycles. The van der Waals surface area contributed by atoms with E-state index in [1.54, 1.807) is 0 Å². The minimum atomic E-state index is -0.106. The molecule has 1 rings (SSSR count). The van der Waals surface area contributed by atoms with Gasteiger partial charge >= 0.3 is 35.0 Å². The Hall–Kier alpha value is 1.16. The first kappa shape index (κ1) is 12.2. The number of halogens is 2. The summed E-state index contributed by atoms with van der Waals surface area (Å²) in [5.74, 6) is 0. The topological polar surface area (TPSA) is 52.0 Å². The average molecular weight is 291 g/mol. The fourth-order valence-electron chi connectivity index (χ4n) is 1.06. The van der Waals surface area contributed by atoms with Crippen molar-refractivity contribution in [1.29, 1.82) is 0 Å². The van der Waals surface area contributed by atoms with Crippen LogP contribution in [0.5, 0.6) is 0 Å². The first-order valence-electron chi connectivity index (χ1n) is 3.41. The van der Waals surface area contributed by atoms with Gasteiger partial charge in [0.15, 0.2) is 0 Å². The van der Waals surface area contributed by atoms with E-state index in [1.165, 1.54) is 12.8 Å². The van der Waals surface area contributed by atoms with Gasteiger partial charge in [-0.05, 0) is 0 Å². The van der Waals surface area contributed by atoms with Crippen molar-refractivity contribution in [3.05, 3.63) is 6.04 Å². The van der Waals surface area contributed by atoms with Crippen molar-refractivity contribution < 1.29 is 15.9 Å². The Bertz CT molecular complexity index is 84.7. The zero-order chi connectivity index (χ0) is 8.69. The molecule has 1 unspecified atom stereocenters. The van der Waals surface area contributed by atoms with Gasteiger partial charge in [0.1, 0.15) is 0 Å². The number of nitrogens with two attached hydrogens (primary N) is 2. The number of rotatable bonds is 0. The van der Waals surface area contributed by atoms with Crippen molar-refractivity contribution in [1.82, 2.24) is 0 Å². The van der Waals surface area contributed by atoms with Crippen LogP contribution < -0.4 is 11.5 Å². The molecule has 0 aromatic rings. The van der Waals surface area contributed by atoms with Crippen LogP contribution in [0.1, 0.15) is 25.7 Å². The SMILES string of the molecule is N[C-]1CCCCC1N.[Cl][Pd][Cl]. The van der Waals surface area contributed by atoms with Crippen molar-refractivity contribution in [2.24, 2.45) is 11.5 Å². The fraction of sp³-hybridized carbons (Fsp3) is 0.833. The zero-order valence-electron chi connectivity index (χ0n) is 6.13. The van der Waals surface area contributed by atoms with Crippen molar-refractivity contribution in [3.8, 4) is 0 Å². The van der Waals surface area contributed by atoms with E-state index < -0.39 is 0 Å². The van der Waals surface area contributed by atoms with Gasteiger partial charge in [0, 0.05) is 0 Å². The van der Waals surface area contributed by atoms with E-state index in [0.717, 1.165) is 18.9 Å². The summed E-state index contributed by atoms with van der Waals surface area (Å²) in [4.78, 5) is 0. The van der Waals surface area contributed by atoms with Crippen LogP contribution in [0.25, 0.3) is 0 Å². The number of hydrogen-bond donors (Lipinski definition) is 2. The summed E-state index contributed by atoms with van der Waals surface area (Å²) < 4.78 is 0. The molecular formula is C6H13Cl2N2Pd-. The van der Waals surface area contributed by atoms with E-state index in [-0.39, 0.29) is 22.0 Å². The Morgan fingerprint density at radius 3 is 2.18 bits per heavy atom. The Labute approximate surface area is 84.1 Å². The molecule has 5 heteroatoms. The molecule has 0 bridgehead atoms. The first-order valence-corrected chi connectivity index (χ1v) is 7.42. The van der Waals surface area contributed by atoms with Crippen molar-refractivity contribution in [2.45, 2.75) is 31.7 Å². The van der Waals surface area contributed by atoms with Gasteiger partial charge in [-0.15, -0.1) is 6.04 Å². The van der Waals surface area contributed by atoms with Crippen LogP contribution in [0, 0.1) is 6.04 Å². The van der Waals surface area contributed by atoms with Gasteiger partial charge < -0.3 is 11.5 Å². The van der Waals surface area contributed by atoms with Gasteiger partial charge in [-0.2, -0.15) is 6.42 Å². The fourth-order valence-corrected chi connectivity index (χ4v) is 1.06. The average Bonchev–Trinajstić information content (AvgIpc) is 1.97. The van der Waals surface area contributed by atoms with Crippen molar-refractivity contribution in [2.75, 3.05) is 0 Å². The third-order valence-corrected chi connectivity index (χ3v) is 1.71. The Morgan fingerprint density at radius 1 is 1.36 bits per heavy atom. The third kappa shape index (κ3) is 6.33. The van der Waals surface area contributed by atoms with Crippen LogP contribution in [-0.4, -0.2) is 6.04 Å². The summed E-state index contributed by atoms with van der Waals surface area (Å²) in [6, 6.07) is 1.19. The van der Waals surface area contributed by atoms with E-state index in [0.29, 0.717) is 0 Å². The van der Waals surface area contributed by atoms with Gasteiger partial charge in [-0.25, -0.2) is 6.04 Å². The van der Waals surface area contributed by atoms with E-state index in [4.69, 9.17) is 30.5 Å². The summed E-state index contributed by atoms with van der Waals surface area (Å²) >= 11 is -0.106. The van der Waals surface area contributed by atoms with E-state index in [1.807, 2.05) is 0 Å². The molecule has 72 valence electrons. The molecular weight excluding hydrogens is 277 g/mol. The van der Waals surface area contributed by atoms with Gasteiger partial charge in [0.05, 0.1) is 0 Å². The molecule has 1 atom stereocenters. The normalized spacial score (nSPS) is 26.0. The van der Waals surface area contributed by atoms with Crippen LogP contribution >= 0.6 is 19.1 Å². The molecule has 0 amide bonds. The van der Waals surface area contributed by atoms with Crippen LogP contribution in [0.15, 0.2) is 0 Å². The molecule has 0 radical (unpaired) electrons. The van der Waals surface area contributed by atoms with Gasteiger partial charge in [-0.1, -0.05) is 19.3 Å². The van der Waals surface area contributed by atoms with E-state index in [2.05, 4.69) is 0 Å². The standard InChI is InChI=1S/C6H13N2.2ClH.Pd/c7-5-3-1-2-4-6(5)8;;;/h5H,1-4,7-8H2;2*1H;/q-1;;;+2/p-2. The molecule has 1 saturated carbocycles. The molecule has 2 nitrogen and oxygen atoms in total. The van der Waals surface area contributed by atoms with Gasteiger partial charge in [0.25, 0.3) is 0 Å². The summed E-state index contributed by atoms with van der Waals surface area (Å²) in [5.41, 5.74) is 11.2. The number of hydrogen-bond acceptors (Lipinski definition) is 2. The van der Waals surface area contributed by atoms with Gasteiger partial charge in [0.2, 0.25) is 0 Å². The quantitative estimate of drug-likeness (QED) is 0.527. The summed E-state index contributed by atoms with van der Waals surface area (Å²) in [6.07, 6.45) is 4.62. The molecule has 0 aromatic carbocycles. The maximum atomic E-state index is 5.62. The Balaban J connectivity index is 0.000000292. The minimum absolute atomic E-state index is 0.106. The second-order valence-electron chi connectivity index (χ2n) is 2.47. The Kier molecular flexibility index (Phi) is 8.62. The first-order chi connectivity index (χ1) is 5.22. The third-order valence-electron chi connectivity index (χ3n) is 1.71. The predicted octanol–water partition coefficient (Wildman–Crippen LogP) is 1.75. The second kappa shape index (κ2) is 7.79. The maximum absolute atomic E-state index is 5.62. The van der Waals surface area contributed by atoms with Crippen LogP contribution in [0.4, 0.5) is 0 Å². The molecule has 1 aliphatic rings.